The molecule has 0 aromatic carbocycles. The van der Waals surface area contributed by atoms with Crippen LogP contribution in [0.25, 0.3) is 0 Å². The zero-order chi connectivity index (χ0) is 12.3. The fourth-order valence-electron chi connectivity index (χ4n) is 1.34. The largest absolute Gasteiger partial charge is 0.477 e. The summed E-state index contributed by atoms with van der Waals surface area (Å²) in [5.74, 6) is -1.04. The number of nitrogens with zero attached hydrogens (tertiary/aromatic N) is 1. The first-order valence-electron chi connectivity index (χ1n) is 5.00. The lowest BCUT2D eigenvalue weighted by atomic mass is 10.1. The van der Waals surface area contributed by atoms with E-state index in [0.717, 1.165) is 0 Å². The van der Waals surface area contributed by atoms with Crippen LogP contribution in [0, 0.1) is 12.8 Å². The number of carboxylic acid groups (broad SMARTS) is 1. The lowest BCUT2D eigenvalue weighted by Crippen LogP contribution is -2.16. The van der Waals surface area contributed by atoms with Crippen molar-refractivity contribution < 1.29 is 14.7 Å². The molecule has 1 aromatic heterocycles. The van der Waals surface area contributed by atoms with Crippen LogP contribution in [0.2, 0.25) is 0 Å². The third kappa shape index (κ3) is 2.82. The fraction of sp³-hybridized carbons (Fsp3) is 0.500. The molecule has 16 heavy (non-hydrogen) atoms. The number of amides is 1. The minimum absolute atomic E-state index is 0.0112. The number of carbonyl (C=O) groups excluding carboxylic acids is 1. The molecule has 0 radical (unpaired) electrons. The molecule has 0 aliphatic rings. The standard InChI is InChI=1S/C10H15N3O3/c1-5(2)4-7(14)11-9-8(10(15)16)6(3)12-13-9/h5H,4H2,1-3H3,(H,15,16)(H2,11,12,13,14). The Hall–Kier alpha value is -1.85. The number of H-pyrrole nitrogens is 1. The molecule has 88 valence electrons. The molecule has 1 heterocycles. The summed E-state index contributed by atoms with van der Waals surface area (Å²) >= 11 is 0. The Morgan fingerprint density at radius 3 is 2.62 bits per heavy atom. The van der Waals surface area contributed by atoms with Gasteiger partial charge in [-0.05, 0) is 12.8 Å². The highest BCUT2D eigenvalue weighted by Crippen LogP contribution is 2.16. The lowest BCUT2D eigenvalue weighted by molar-refractivity contribution is -0.116. The molecule has 1 rings (SSSR count). The van der Waals surface area contributed by atoms with E-state index in [-0.39, 0.29) is 23.2 Å². The van der Waals surface area contributed by atoms with Crippen molar-refractivity contribution in [3.8, 4) is 0 Å². The van der Waals surface area contributed by atoms with E-state index in [9.17, 15) is 9.59 Å². The van der Waals surface area contributed by atoms with E-state index in [1.54, 1.807) is 6.92 Å². The summed E-state index contributed by atoms with van der Waals surface area (Å²) in [5.41, 5.74) is 0.435. The highest BCUT2D eigenvalue weighted by atomic mass is 16.4. The average molecular weight is 225 g/mol. The number of aryl methyl sites for hydroxylation is 1. The first-order chi connectivity index (χ1) is 7.41. The van der Waals surface area contributed by atoms with Gasteiger partial charge >= 0.3 is 5.97 Å². The van der Waals surface area contributed by atoms with Gasteiger partial charge in [0.25, 0.3) is 0 Å². The number of rotatable bonds is 4. The second-order valence-corrected chi connectivity index (χ2v) is 4.02. The Labute approximate surface area is 93.1 Å². The molecule has 0 aliphatic carbocycles. The second-order valence-electron chi connectivity index (χ2n) is 4.02. The molecule has 0 unspecified atom stereocenters. The van der Waals surface area contributed by atoms with Gasteiger partial charge in [0.2, 0.25) is 5.91 Å². The molecule has 0 atom stereocenters. The number of anilines is 1. The van der Waals surface area contributed by atoms with E-state index in [1.165, 1.54) is 0 Å². The van der Waals surface area contributed by atoms with E-state index in [1.807, 2.05) is 13.8 Å². The van der Waals surface area contributed by atoms with Crippen LogP contribution in [-0.2, 0) is 4.79 Å². The van der Waals surface area contributed by atoms with Crippen molar-refractivity contribution in [2.24, 2.45) is 5.92 Å². The van der Waals surface area contributed by atoms with Crippen molar-refractivity contribution in [3.63, 3.8) is 0 Å². The maximum atomic E-state index is 11.4. The maximum Gasteiger partial charge on any atom is 0.341 e. The number of aromatic amines is 1. The SMILES string of the molecule is Cc1[nH]nc(NC(=O)CC(C)C)c1C(=O)O. The molecule has 0 bridgehead atoms. The van der Waals surface area contributed by atoms with Gasteiger partial charge in [0.05, 0.1) is 0 Å². The highest BCUT2D eigenvalue weighted by molar-refractivity contribution is 6.00. The number of carbonyl (C=O) groups is 2. The topological polar surface area (TPSA) is 95.1 Å². The van der Waals surface area contributed by atoms with Crippen LogP contribution < -0.4 is 5.32 Å². The second kappa shape index (κ2) is 4.78. The summed E-state index contributed by atoms with van der Waals surface area (Å²) in [6.07, 6.45) is 0.338. The minimum atomic E-state index is -1.11. The van der Waals surface area contributed by atoms with E-state index in [2.05, 4.69) is 15.5 Å². The Kier molecular flexibility index (Phi) is 3.65. The van der Waals surface area contributed by atoms with Crippen LogP contribution in [0.15, 0.2) is 0 Å². The van der Waals surface area contributed by atoms with Crippen LogP contribution in [-0.4, -0.2) is 27.2 Å². The van der Waals surface area contributed by atoms with Crippen molar-refractivity contribution in [2.75, 3.05) is 5.32 Å². The normalized spacial score (nSPS) is 10.5. The zero-order valence-corrected chi connectivity index (χ0v) is 9.50. The molecular weight excluding hydrogens is 210 g/mol. The molecular formula is C10H15N3O3. The van der Waals surface area contributed by atoms with Crippen LogP contribution in [0.1, 0.15) is 36.3 Å². The summed E-state index contributed by atoms with van der Waals surface area (Å²) in [5, 5.41) is 17.7. The summed E-state index contributed by atoms with van der Waals surface area (Å²) in [6, 6.07) is 0. The Balaban J connectivity index is 2.82. The van der Waals surface area contributed by atoms with Crippen LogP contribution in [0.3, 0.4) is 0 Å². The Morgan fingerprint density at radius 2 is 2.12 bits per heavy atom. The molecule has 6 nitrogen and oxygen atoms in total. The number of hydrogen-bond donors (Lipinski definition) is 3. The van der Waals surface area contributed by atoms with E-state index in [4.69, 9.17) is 5.11 Å². The molecule has 0 aliphatic heterocycles. The first-order valence-corrected chi connectivity index (χ1v) is 5.00. The Morgan fingerprint density at radius 1 is 1.50 bits per heavy atom. The summed E-state index contributed by atoms with van der Waals surface area (Å²) in [4.78, 5) is 22.3. The number of hydrogen-bond acceptors (Lipinski definition) is 3. The monoisotopic (exact) mass is 225 g/mol. The number of aromatic nitrogens is 2. The summed E-state index contributed by atoms with van der Waals surface area (Å²) in [7, 11) is 0. The minimum Gasteiger partial charge on any atom is -0.477 e. The predicted molar refractivity (Wildman–Crippen MR) is 58.4 cm³/mol. The number of aromatic carboxylic acids is 1. The van der Waals surface area contributed by atoms with E-state index >= 15 is 0 Å². The van der Waals surface area contributed by atoms with Gasteiger partial charge in [-0.15, -0.1) is 0 Å². The molecule has 0 saturated carbocycles. The predicted octanol–water partition coefficient (Wildman–Crippen LogP) is 1.40. The first kappa shape index (κ1) is 12.2. The summed E-state index contributed by atoms with van der Waals surface area (Å²) < 4.78 is 0. The quantitative estimate of drug-likeness (QED) is 0.721. The van der Waals surface area contributed by atoms with Gasteiger partial charge in [-0.1, -0.05) is 13.8 Å². The van der Waals surface area contributed by atoms with Crippen molar-refractivity contribution in [2.45, 2.75) is 27.2 Å². The molecule has 0 spiro atoms. The Bertz CT molecular complexity index is 409. The van der Waals surface area contributed by atoms with Gasteiger partial charge in [-0.25, -0.2) is 4.79 Å². The molecule has 0 saturated heterocycles. The molecule has 3 N–H and O–H groups in total. The number of carboxylic acids is 1. The van der Waals surface area contributed by atoms with E-state index in [0.29, 0.717) is 12.1 Å². The van der Waals surface area contributed by atoms with Crippen molar-refractivity contribution in [3.05, 3.63) is 11.3 Å². The van der Waals surface area contributed by atoms with Crippen molar-refractivity contribution in [1.82, 2.24) is 10.2 Å². The fourth-order valence-corrected chi connectivity index (χ4v) is 1.34. The summed E-state index contributed by atoms with van der Waals surface area (Å²) in [6.45, 7) is 5.41. The van der Waals surface area contributed by atoms with Gasteiger partial charge in [0.15, 0.2) is 5.82 Å². The van der Waals surface area contributed by atoms with Gasteiger partial charge < -0.3 is 10.4 Å². The van der Waals surface area contributed by atoms with Crippen LogP contribution in [0.5, 0.6) is 0 Å². The zero-order valence-electron chi connectivity index (χ0n) is 9.50. The molecule has 1 amide bonds. The van der Waals surface area contributed by atoms with E-state index < -0.39 is 5.97 Å². The third-order valence-electron chi connectivity index (χ3n) is 2.01. The molecule has 1 aromatic rings. The van der Waals surface area contributed by atoms with Gasteiger partial charge in [0, 0.05) is 12.1 Å². The number of nitrogens with one attached hydrogen (secondary N) is 2. The van der Waals surface area contributed by atoms with Crippen molar-refractivity contribution >= 4 is 17.7 Å². The van der Waals surface area contributed by atoms with Crippen molar-refractivity contribution in [1.29, 1.82) is 0 Å². The smallest absolute Gasteiger partial charge is 0.341 e. The average Bonchev–Trinajstić information content (AvgIpc) is 2.45. The van der Waals surface area contributed by atoms with Gasteiger partial charge in [0.1, 0.15) is 5.56 Å². The van der Waals surface area contributed by atoms with Crippen LogP contribution in [0.4, 0.5) is 5.82 Å². The van der Waals surface area contributed by atoms with Crippen LogP contribution >= 0.6 is 0 Å². The highest BCUT2D eigenvalue weighted by Gasteiger charge is 2.19. The lowest BCUT2D eigenvalue weighted by Gasteiger charge is -2.05. The molecule has 6 heteroatoms. The third-order valence-corrected chi connectivity index (χ3v) is 2.01. The van der Waals surface area contributed by atoms with Gasteiger partial charge in [-0.2, -0.15) is 5.10 Å². The molecule has 0 fully saturated rings. The maximum absolute atomic E-state index is 11.4. The van der Waals surface area contributed by atoms with Gasteiger partial charge in [-0.3, -0.25) is 9.89 Å².